The average molecular weight is 278 g/mol. The second-order valence-corrected chi connectivity index (χ2v) is 5.29. The molecule has 1 aromatic carbocycles. The van der Waals surface area contributed by atoms with Crippen molar-refractivity contribution in [2.24, 2.45) is 7.05 Å². The van der Waals surface area contributed by atoms with Gasteiger partial charge in [0.2, 0.25) is 0 Å². The minimum absolute atomic E-state index is 0.0000463. The second kappa shape index (κ2) is 4.85. The molecule has 0 radical (unpaired) electrons. The summed E-state index contributed by atoms with van der Waals surface area (Å²) < 4.78 is 1.76. The Hall–Kier alpha value is -1.55. The molecule has 0 saturated heterocycles. The minimum atomic E-state index is -0.0000463. The maximum atomic E-state index is 12.6. The van der Waals surface area contributed by atoms with Crippen LogP contribution in [0.1, 0.15) is 23.3 Å². The van der Waals surface area contributed by atoms with Crippen LogP contribution in [0, 0.1) is 0 Å². The fraction of sp³-hybridized carbons (Fsp3) is 0.429. The Morgan fingerprint density at radius 1 is 1.47 bits per heavy atom. The zero-order valence-corrected chi connectivity index (χ0v) is 11.6. The van der Waals surface area contributed by atoms with E-state index in [9.17, 15) is 4.79 Å². The Kier molecular flexibility index (Phi) is 3.19. The number of nitrogens with zero attached hydrogens (tertiary/aromatic N) is 3. The first-order chi connectivity index (χ1) is 9.22. The number of aryl methyl sites for hydroxylation is 1. The van der Waals surface area contributed by atoms with Crippen LogP contribution in [0.15, 0.2) is 24.3 Å². The zero-order chi connectivity index (χ0) is 13.4. The van der Waals surface area contributed by atoms with Gasteiger partial charge in [0.05, 0.1) is 5.52 Å². The van der Waals surface area contributed by atoms with Gasteiger partial charge in [-0.15, -0.1) is 11.6 Å². The number of alkyl halides is 1. The summed E-state index contributed by atoms with van der Waals surface area (Å²) in [5.74, 6) is 0.465. The molecule has 1 aromatic heterocycles. The molecule has 1 amide bonds. The molecule has 0 bridgehead atoms. The fourth-order valence-electron chi connectivity index (χ4n) is 2.44. The Bertz CT molecular complexity index is 618. The lowest BCUT2D eigenvalue weighted by Gasteiger charge is -2.20. The summed E-state index contributed by atoms with van der Waals surface area (Å²) in [5, 5.41) is 5.30. The van der Waals surface area contributed by atoms with Crippen LogP contribution >= 0.6 is 11.6 Å². The fourth-order valence-corrected chi connectivity index (χ4v) is 2.62. The third-order valence-electron chi connectivity index (χ3n) is 3.53. The van der Waals surface area contributed by atoms with Crippen molar-refractivity contribution in [1.82, 2.24) is 14.7 Å². The van der Waals surface area contributed by atoms with Crippen molar-refractivity contribution in [2.45, 2.75) is 18.9 Å². The third-order valence-corrected chi connectivity index (χ3v) is 3.70. The number of rotatable bonds is 4. The zero-order valence-electron chi connectivity index (χ0n) is 10.8. The van der Waals surface area contributed by atoms with E-state index >= 15 is 0 Å². The highest BCUT2D eigenvalue weighted by atomic mass is 35.5. The number of benzene rings is 1. The van der Waals surface area contributed by atoms with Crippen molar-refractivity contribution < 1.29 is 4.79 Å². The largest absolute Gasteiger partial charge is 0.333 e. The number of hydrogen-bond acceptors (Lipinski definition) is 2. The molecule has 0 unspecified atom stereocenters. The quantitative estimate of drug-likeness (QED) is 0.805. The van der Waals surface area contributed by atoms with E-state index in [1.165, 1.54) is 0 Å². The predicted molar refractivity (Wildman–Crippen MR) is 75.5 cm³/mol. The smallest absolute Gasteiger partial charge is 0.275 e. The molecule has 1 fully saturated rings. The molecule has 2 aromatic rings. The molecule has 0 N–H and O–H groups in total. The van der Waals surface area contributed by atoms with Crippen LogP contribution in [-0.2, 0) is 7.05 Å². The molecule has 3 rings (SSSR count). The van der Waals surface area contributed by atoms with Gasteiger partial charge in [-0.2, -0.15) is 5.10 Å². The number of para-hydroxylation sites is 1. The summed E-state index contributed by atoms with van der Waals surface area (Å²) in [6, 6.07) is 8.16. The Morgan fingerprint density at radius 2 is 2.21 bits per heavy atom. The highest BCUT2D eigenvalue weighted by Crippen LogP contribution is 2.29. The summed E-state index contributed by atoms with van der Waals surface area (Å²) in [6.45, 7) is 0.593. The SMILES string of the molecule is Cn1nc(C(=O)N(CCCl)C2CC2)c2ccccc21. The van der Waals surface area contributed by atoms with Crippen molar-refractivity contribution in [3.05, 3.63) is 30.0 Å². The van der Waals surface area contributed by atoms with Crippen molar-refractivity contribution in [3.63, 3.8) is 0 Å². The summed E-state index contributed by atoms with van der Waals surface area (Å²) in [5.41, 5.74) is 1.52. The van der Waals surface area contributed by atoms with Gasteiger partial charge in [0.1, 0.15) is 0 Å². The number of hydrogen-bond donors (Lipinski definition) is 0. The van der Waals surface area contributed by atoms with E-state index in [0.717, 1.165) is 23.7 Å². The van der Waals surface area contributed by atoms with E-state index in [1.807, 2.05) is 36.2 Å². The summed E-state index contributed by atoms with van der Waals surface area (Å²) in [7, 11) is 1.86. The maximum absolute atomic E-state index is 12.6. The molecule has 100 valence electrons. The van der Waals surface area contributed by atoms with E-state index in [4.69, 9.17) is 11.6 Å². The number of halogens is 1. The standard InChI is InChI=1S/C14H16ClN3O/c1-17-12-5-3-2-4-11(12)13(16-17)14(19)18(9-8-15)10-6-7-10/h2-5,10H,6-9H2,1H3. The van der Waals surface area contributed by atoms with Crippen molar-refractivity contribution in [3.8, 4) is 0 Å². The van der Waals surface area contributed by atoms with Crippen molar-refractivity contribution >= 4 is 28.4 Å². The maximum Gasteiger partial charge on any atom is 0.275 e. The molecular formula is C14H16ClN3O. The number of carbonyl (C=O) groups excluding carboxylic acids is 1. The van der Waals surface area contributed by atoms with Gasteiger partial charge in [-0.3, -0.25) is 9.48 Å². The van der Waals surface area contributed by atoms with Gasteiger partial charge < -0.3 is 4.90 Å². The van der Waals surface area contributed by atoms with Gasteiger partial charge in [0, 0.05) is 30.9 Å². The summed E-state index contributed by atoms with van der Waals surface area (Å²) in [4.78, 5) is 14.5. The van der Waals surface area contributed by atoms with Crippen LogP contribution in [0.2, 0.25) is 0 Å². The molecule has 1 heterocycles. The number of amides is 1. The normalized spacial score (nSPS) is 14.8. The van der Waals surface area contributed by atoms with Crippen LogP contribution < -0.4 is 0 Å². The number of carbonyl (C=O) groups is 1. The first-order valence-corrected chi connectivity index (χ1v) is 7.04. The summed E-state index contributed by atoms with van der Waals surface area (Å²) >= 11 is 5.80. The number of aromatic nitrogens is 2. The third kappa shape index (κ3) is 2.21. The highest BCUT2D eigenvalue weighted by Gasteiger charge is 2.34. The van der Waals surface area contributed by atoms with Crippen LogP contribution in [0.4, 0.5) is 0 Å². The van der Waals surface area contributed by atoms with Crippen molar-refractivity contribution in [1.29, 1.82) is 0 Å². The van der Waals surface area contributed by atoms with Gasteiger partial charge in [-0.1, -0.05) is 18.2 Å². The van der Waals surface area contributed by atoms with Gasteiger partial charge in [0.15, 0.2) is 5.69 Å². The highest BCUT2D eigenvalue weighted by molar-refractivity contribution is 6.18. The van der Waals surface area contributed by atoms with Gasteiger partial charge in [-0.25, -0.2) is 0 Å². The van der Waals surface area contributed by atoms with Gasteiger partial charge in [0.25, 0.3) is 5.91 Å². The molecule has 1 aliphatic rings. The van der Waals surface area contributed by atoms with Crippen LogP contribution in [-0.4, -0.2) is 39.1 Å². The first kappa shape index (κ1) is 12.5. The lowest BCUT2D eigenvalue weighted by Crippen LogP contribution is -2.35. The van der Waals surface area contributed by atoms with E-state index in [0.29, 0.717) is 24.2 Å². The molecule has 4 nitrogen and oxygen atoms in total. The van der Waals surface area contributed by atoms with E-state index < -0.39 is 0 Å². The van der Waals surface area contributed by atoms with Crippen LogP contribution in [0.25, 0.3) is 10.9 Å². The molecular weight excluding hydrogens is 262 g/mol. The lowest BCUT2D eigenvalue weighted by atomic mass is 10.2. The van der Waals surface area contributed by atoms with Crippen LogP contribution in [0.5, 0.6) is 0 Å². The van der Waals surface area contributed by atoms with Crippen molar-refractivity contribution in [2.75, 3.05) is 12.4 Å². The second-order valence-electron chi connectivity index (χ2n) is 4.91. The van der Waals surface area contributed by atoms with E-state index in [1.54, 1.807) is 4.68 Å². The molecule has 1 aliphatic carbocycles. The Labute approximate surface area is 116 Å². The Morgan fingerprint density at radius 3 is 2.89 bits per heavy atom. The molecule has 19 heavy (non-hydrogen) atoms. The minimum Gasteiger partial charge on any atom is -0.333 e. The average Bonchev–Trinajstić information content (AvgIpc) is 3.21. The lowest BCUT2D eigenvalue weighted by molar-refractivity contribution is 0.0749. The molecule has 5 heteroatoms. The van der Waals surface area contributed by atoms with Gasteiger partial charge in [-0.05, 0) is 18.9 Å². The topological polar surface area (TPSA) is 38.1 Å². The Balaban J connectivity index is 2.01. The monoisotopic (exact) mass is 277 g/mol. The summed E-state index contributed by atoms with van der Waals surface area (Å²) in [6.07, 6.45) is 2.15. The van der Waals surface area contributed by atoms with Crippen LogP contribution in [0.3, 0.4) is 0 Å². The van der Waals surface area contributed by atoms with Gasteiger partial charge >= 0.3 is 0 Å². The van der Waals surface area contributed by atoms with E-state index in [-0.39, 0.29) is 5.91 Å². The molecule has 0 spiro atoms. The molecule has 0 aliphatic heterocycles. The van der Waals surface area contributed by atoms with E-state index in [2.05, 4.69) is 5.10 Å². The predicted octanol–water partition coefficient (Wildman–Crippen LogP) is 2.42. The molecule has 0 atom stereocenters. The first-order valence-electron chi connectivity index (χ1n) is 6.51. The molecule has 1 saturated carbocycles. The number of fused-ring (bicyclic) bond motifs is 1.